The van der Waals surface area contributed by atoms with Gasteiger partial charge in [0.2, 0.25) is 0 Å². The maximum Gasteiger partial charge on any atom is 0.135 e. The Kier molecular flexibility index (Phi) is 10.3. The molecule has 65 heavy (non-hydrogen) atoms. The molecule has 0 spiro atoms. The van der Waals surface area contributed by atoms with Crippen LogP contribution in [0.25, 0.3) is 55.1 Å². The quantitative estimate of drug-likeness (QED) is 0.155. The first kappa shape index (κ1) is 42.3. The van der Waals surface area contributed by atoms with E-state index in [4.69, 9.17) is 14.7 Å². The van der Waals surface area contributed by atoms with Crippen LogP contribution in [-0.2, 0) is 31.9 Å². The zero-order valence-electron chi connectivity index (χ0n) is 37.8. The van der Waals surface area contributed by atoms with Crippen molar-refractivity contribution in [3.05, 3.63) is 187 Å². The minimum Gasteiger partial charge on any atom is -0.509 e. The average Bonchev–Trinajstić information content (AvgIpc) is 3.94. The smallest absolute Gasteiger partial charge is 0.135 e. The molecule has 0 aliphatic carbocycles. The monoisotopic (exact) mass is 1030 g/mol. The maximum absolute atomic E-state index is 6.98. The first-order valence-corrected chi connectivity index (χ1v) is 22.0. The summed E-state index contributed by atoms with van der Waals surface area (Å²) in [7, 11) is 0. The largest absolute Gasteiger partial charge is 0.509 e. The van der Waals surface area contributed by atoms with Gasteiger partial charge in [0.15, 0.2) is 0 Å². The Morgan fingerprint density at radius 2 is 1.22 bits per heavy atom. The molecular weight excluding hydrogens is 980 g/mol. The number of pyridine rings is 2. The summed E-state index contributed by atoms with van der Waals surface area (Å²) in [5.41, 5.74) is 12.9. The maximum atomic E-state index is 6.98. The zero-order chi connectivity index (χ0) is 44.1. The number of benzene rings is 6. The second-order valence-electron chi connectivity index (χ2n) is 19.0. The van der Waals surface area contributed by atoms with Crippen LogP contribution in [0.15, 0.2) is 146 Å². The van der Waals surface area contributed by atoms with Crippen LogP contribution in [0, 0.1) is 32.6 Å². The molecule has 11 rings (SSSR count). The van der Waals surface area contributed by atoms with E-state index in [1.807, 2.05) is 24.5 Å². The number of hydrogen-bond acceptors (Lipinski definition) is 5. The zero-order valence-corrected chi connectivity index (χ0v) is 40.1. The third-order valence-corrected chi connectivity index (χ3v) is 12.6. The summed E-state index contributed by atoms with van der Waals surface area (Å²) in [5.74, 6) is 2.79. The molecule has 1 aliphatic heterocycles. The Hall–Kier alpha value is -6.69. The molecule has 5 heterocycles. The normalized spacial score (nSPS) is 13.0. The van der Waals surface area contributed by atoms with E-state index in [9.17, 15) is 0 Å². The molecule has 1 aliphatic rings. The summed E-state index contributed by atoms with van der Waals surface area (Å²) < 4.78 is 11.5. The molecule has 0 saturated heterocycles. The average molecular weight is 1030 g/mol. The van der Waals surface area contributed by atoms with Crippen molar-refractivity contribution in [3.63, 3.8) is 0 Å². The van der Waals surface area contributed by atoms with Gasteiger partial charge < -0.3 is 23.7 Å². The van der Waals surface area contributed by atoms with E-state index in [0.29, 0.717) is 11.5 Å². The van der Waals surface area contributed by atoms with Gasteiger partial charge >= 0.3 is 0 Å². The van der Waals surface area contributed by atoms with Gasteiger partial charge in [0.25, 0.3) is 0 Å². The molecule has 0 saturated carbocycles. The Morgan fingerprint density at radius 3 is 1.92 bits per heavy atom. The van der Waals surface area contributed by atoms with Crippen LogP contribution in [0.3, 0.4) is 0 Å². The van der Waals surface area contributed by atoms with Crippen molar-refractivity contribution in [3.8, 4) is 23.0 Å². The summed E-state index contributed by atoms with van der Waals surface area (Å²) in [4.78, 5) is 14.4. The first-order valence-electron chi connectivity index (χ1n) is 22.0. The minimum absolute atomic E-state index is 0. The Balaban J connectivity index is 0.00000498. The molecule has 0 N–H and O–H groups in total. The van der Waals surface area contributed by atoms with Gasteiger partial charge in [-0.15, -0.1) is 36.3 Å². The van der Waals surface area contributed by atoms with E-state index >= 15 is 0 Å². The molecule has 0 fully saturated rings. The second kappa shape index (κ2) is 15.8. The second-order valence-corrected chi connectivity index (χ2v) is 19.0. The number of aromatic nitrogens is 4. The van der Waals surface area contributed by atoms with E-state index in [1.54, 1.807) is 0 Å². The molecule has 326 valence electrons. The minimum atomic E-state index is -0.0430. The van der Waals surface area contributed by atoms with Crippen LogP contribution in [0.1, 0.15) is 63.8 Å². The summed E-state index contributed by atoms with van der Waals surface area (Å²) in [6, 6.07) is 54.5. The third-order valence-electron chi connectivity index (χ3n) is 12.6. The van der Waals surface area contributed by atoms with Crippen molar-refractivity contribution in [2.75, 3.05) is 9.80 Å². The van der Waals surface area contributed by atoms with Gasteiger partial charge in [-0.3, -0.25) is 0 Å². The van der Waals surface area contributed by atoms with Crippen molar-refractivity contribution >= 4 is 66.5 Å². The van der Waals surface area contributed by atoms with Crippen LogP contribution in [-0.4, -0.2) is 19.1 Å². The number of para-hydroxylation sites is 3. The van der Waals surface area contributed by atoms with Crippen LogP contribution in [0.4, 0.5) is 22.9 Å². The van der Waals surface area contributed by atoms with Gasteiger partial charge in [-0.1, -0.05) is 125 Å². The Morgan fingerprint density at radius 1 is 0.554 bits per heavy atom. The number of rotatable bonds is 6. The van der Waals surface area contributed by atoms with Crippen molar-refractivity contribution in [1.29, 1.82) is 0 Å². The Labute approximate surface area is 395 Å². The standard InChI is InChI=1S/C57H49N6O.Pt/c1-36-29-39(57(6,7)8)30-37(2)53(36)60-35-61(55-49(60)23-16-27-59-55)51-34-42(32-46-44-20-13-14-21-47(44)62(54(46)51)40-17-10-9-11-18-40)64-41-24-25-45-43-19-12-15-22-48(43)63(50(45)33-41)52-31-38(26-28-58-52)56(3,4)5;/h9-32,35H,1-8H3;/q-3;. The van der Waals surface area contributed by atoms with Crippen molar-refractivity contribution in [2.45, 2.75) is 66.2 Å². The molecule has 0 radical (unpaired) electrons. The van der Waals surface area contributed by atoms with Crippen LogP contribution in [0.2, 0.25) is 0 Å². The first-order chi connectivity index (χ1) is 30.8. The predicted octanol–water partition coefficient (Wildman–Crippen LogP) is 14.7. The van der Waals surface area contributed by atoms with Gasteiger partial charge in [0.1, 0.15) is 11.6 Å². The molecule has 7 nitrogen and oxygen atoms in total. The number of ether oxygens (including phenoxy) is 1. The van der Waals surface area contributed by atoms with Crippen LogP contribution < -0.4 is 14.5 Å². The number of fused-ring (bicyclic) bond motifs is 7. The number of anilines is 4. The van der Waals surface area contributed by atoms with Gasteiger partial charge in [-0.2, -0.15) is 6.07 Å². The molecule has 8 heteroatoms. The summed E-state index contributed by atoms with van der Waals surface area (Å²) in [6.45, 7) is 20.1. The summed E-state index contributed by atoms with van der Waals surface area (Å²) in [6.07, 6.45) is 3.77. The number of aryl methyl sites for hydroxylation is 2. The summed E-state index contributed by atoms with van der Waals surface area (Å²) >= 11 is 0. The van der Waals surface area contributed by atoms with E-state index in [0.717, 1.165) is 78.0 Å². The van der Waals surface area contributed by atoms with Crippen LogP contribution in [0.5, 0.6) is 11.5 Å². The molecule has 0 amide bonds. The molecule has 0 atom stereocenters. The van der Waals surface area contributed by atoms with Crippen molar-refractivity contribution in [1.82, 2.24) is 19.1 Å². The number of nitrogens with zero attached hydrogens (tertiary/aromatic N) is 6. The third kappa shape index (κ3) is 7.08. The van der Waals surface area contributed by atoms with Gasteiger partial charge in [-0.05, 0) is 112 Å². The molecular formula is C57H49N6OPt-3. The van der Waals surface area contributed by atoms with E-state index in [1.165, 1.54) is 22.3 Å². The fourth-order valence-corrected chi connectivity index (χ4v) is 9.46. The van der Waals surface area contributed by atoms with E-state index in [2.05, 4.69) is 214 Å². The van der Waals surface area contributed by atoms with Gasteiger partial charge in [-0.25, -0.2) is 9.97 Å². The topological polar surface area (TPSA) is 51.4 Å². The molecule has 10 aromatic rings. The molecule has 0 bridgehead atoms. The van der Waals surface area contributed by atoms with Crippen molar-refractivity contribution < 1.29 is 25.8 Å². The van der Waals surface area contributed by atoms with Gasteiger partial charge in [0.05, 0.1) is 5.69 Å². The SMILES string of the molecule is Cc1cc(C(C)(C)C)cc(C)c1N1[CH-]N(c2[c-]c(Oc3[c-]c4c(cc3)c3ccccc3n4-c3cc(C(C)(C)C)ccn3)cc3c4ccccc4n(-c4ccccc4)c23)c2ncccc21.[Pt]. The van der Waals surface area contributed by atoms with E-state index < -0.39 is 0 Å². The van der Waals surface area contributed by atoms with Crippen LogP contribution >= 0.6 is 0 Å². The molecule has 6 aromatic carbocycles. The summed E-state index contributed by atoms with van der Waals surface area (Å²) in [5, 5.41) is 4.35. The van der Waals surface area contributed by atoms with E-state index in [-0.39, 0.29) is 31.9 Å². The fraction of sp³-hybridized carbons (Fsp3) is 0.175. The fourth-order valence-electron chi connectivity index (χ4n) is 9.46. The predicted molar refractivity (Wildman–Crippen MR) is 263 cm³/mol. The van der Waals surface area contributed by atoms with Gasteiger partial charge in [0, 0.05) is 67.4 Å². The van der Waals surface area contributed by atoms with Crippen molar-refractivity contribution in [2.24, 2.45) is 0 Å². The Bertz CT molecular complexity index is 3440. The molecule has 4 aromatic heterocycles. The number of hydrogen-bond donors (Lipinski definition) is 0. The molecule has 0 unspecified atom stereocenters.